The lowest BCUT2D eigenvalue weighted by molar-refractivity contribution is 0.670. The topological polar surface area (TPSA) is 38.9 Å². The van der Waals surface area contributed by atoms with E-state index in [1.807, 2.05) is 18.2 Å². The van der Waals surface area contributed by atoms with Gasteiger partial charge in [0.25, 0.3) is 0 Å². The van der Waals surface area contributed by atoms with Gasteiger partial charge in [-0.15, -0.1) is 0 Å². The number of aromatic nitrogens is 2. The van der Waals surface area contributed by atoms with Crippen LogP contribution in [0.2, 0.25) is 0 Å². The van der Waals surface area contributed by atoms with E-state index < -0.39 is 0 Å². The third-order valence-corrected chi connectivity index (χ3v) is 10.1. The molecule has 0 aliphatic heterocycles. The van der Waals surface area contributed by atoms with E-state index in [1.165, 1.54) is 16.5 Å². The van der Waals surface area contributed by atoms with Crippen LogP contribution < -0.4 is 0 Å². The molecule has 2 aromatic heterocycles. The van der Waals surface area contributed by atoms with Gasteiger partial charge in [-0.05, 0) is 75.0 Å². The maximum Gasteiger partial charge on any atom is 0.160 e. The number of benzene rings is 8. The summed E-state index contributed by atoms with van der Waals surface area (Å²) < 4.78 is 6.56. The Hall–Kier alpha value is -7.10. The molecule has 0 spiro atoms. The molecule has 0 atom stereocenters. The van der Waals surface area contributed by atoms with Crippen LogP contribution in [0.3, 0.4) is 0 Å². The van der Waals surface area contributed by atoms with Gasteiger partial charge in [-0.3, -0.25) is 0 Å². The molecule has 0 amide bonds. The van der Waals surface area contributed by atoms with Gasteiger partial charge in [-0.25, -0.2) is 9.97 Å². The van der Waals surface area contributed by atoms with E-state index in [2.05, 4.69) is 176 Å². The van der Waals surface area contributed by atoms with Crippen LogP contribution in [0.5, 0.6) is 0 Å². The lowest BCUT2D eigenvalue weighted by atomic mass is 9.93. The summed E-state index contributed by atoms with van der Waals surface area (Å²) in [6.07, 6.45) is 0. The molecular formula is C50H32N2O. The number of furan rings is 1. The van der Waals surface area contributed by atoms with E-state index in [0.29, 0.717) is 5.82 Å². The average molecular weight is 677 g/mol. The molecular weight excluding hydrogens is 645 g/mol. The maximum atomic E-state index is 6.56. The number of para-hydroxylation sites is 2. The van der Waals surface area contributed by atoms with Crippen LogP contribution in [-0.4, -0.2) is 9.97 Å². The Morgan fingerprint density at radius 2 is 0.887 bits per heavy atom. The number of fused-ring (bicyclic) bond motifs is 4. The molecule has 0 bridgehead atoms. The fraction of sp³-hybridized carbons (Fsp3) is 0. The second-order valence-electron chi connectivity index (χ2n) is 13.4. The summed E-state index contributed by atoms with van der Waals surface area (Å²) in [6.45, 7) is 0. The molecule has 3 nitrogen and oxygen atoms in total. The normalized spacial score (nSPS) is 11.4. The van der Waals surface area contributed by atoms with Gasteiger partial charge < -0.3 is 4.42 Å². The molecule has 0 aliphatic carbocycles. The van der Waals surface area contributed by atoms with E-state index in [4.69, 9.17) is 14.4 Å². The minimum Gasteiger partial charge on any atom is -0.455 e. The van der Waals surface area contributed by atoms with Gasteiger partial charge in [0.1, 0.15) is 11.2 Å². The minimum absolute atomic E-state index is 0.686. The predicted octanol–water partition coefficient (Wildman–Crippen LogP) is 13.5. The van der Waals surface area contributed by atoms with Crippen molar-refractivity contribution < 1.29 is 4.42 Å². The second-order valence-corrected chi connectivity index (χ2v) is 13.4. The quantitative estimate of drug-likeness (QED) is 0.176. The first-order chi connectivity index (χ1) is 26.2. The summed E-state index contributed by atoms with van der Waals surface area (Å²) in [7, 11) is 0. The Morgan fingerprint density at radius 3 is 1.68 bits per heavy atom. The van der Waals surface area contributed by atoms with Gasteiger partial charge in [0.15, 0.2) is 5.82 Å². The molecule has 0 fully saturated rings. The van der Waals surface area contributed by atoms with E-state index in [9.17, 15) is 0 Å². The lowest BCUT2D eigenvalue weighted by Gasteiger charge is -2.14. The van der Waals surface area contributed by atoms with Crippen molar-refractivity contribution in [3.05, 3.63) is 194 Å². The van der Waals surface area contributed by atoms with Crippen LogP contribution in [0, 0.1) is 0 Å². The molecule has 0 saturated carbocycles. The van der Waals surface area contributed by atoms with Crippen molar-refractivity contribution in [1.29, 1.82) is 0 Å². The van der Waals surface area contributed by atoms with Crippen LogP contribution in [-0.2, 0) is 0 Å². The summed E-state index contributed by atoms with van der Waals surface area (Å²) in [6, 6.07) is 68.1. The smallest absolute Gasteiger partial charge is 0.160 e. The first-order valence-electron chi connectivity index (χ1n) is 17.9. The first-order valence-corrected chi connectivity index (χ1v) is 17.9. The van der Waals surface area contributed by atoms with Crippen molar-refractivity contribution >= 4 is 32.7 Å². The molecule has 248 valence electrons. The molecule has 8 aromatic carbocycles. The fourth-order valence-electron chi connectivity index (χ4n) is 7.37. The average Bonchev–Trinajstić information content (AvgIpc) is 3.63. The van der Waals surface area contributed by atoms with Crippen LogP contribution in [0.1, 0.15) is 0 Å². The highest BCUT2D eigenvalue weighted by molar-refractivity contribution is 6.09. The van der Waals surface area contributed by atoms with Crippen molar-refractivity contribution in [3.8, 4) is 67.3 Å². The summed E-state index contributed by atoms with van der Waals surface area (Å²) in [5.74, 6) is 0.686. The third-order valence-electron chi connectivity index (χ3n) is 10.1. The number of hydrogen-bond acceptors (Lipinski definition) is 3. The second kappa shape index (κ2) is 12.9. The number of nitrogens with zero attached hydrogens (tertiary/aromatic N) is 2. The molecule has 0 aliphatic rings. The van der Waals surface area contributed by atoms with Crippen molar-refractivity contribution in [2.45, 2.75) is 0 Å². The summed E-state index contributed by atoms with van der Waals surface area (Å²) in [5.41, 5.74) is 13.2. The molecule has 53 heavy (non-hydrogen) atoms. The SMILES string of the molecule is c1ccc(-c2ccc(-c3cc(-c4cc(-c5ccccc5)nc(-c5ccc6ccccc6c5)n4)cc(-c4cccc5c4oc4ccccc45)c3)cc2)cc1. The van der Waals surface area contributed by atoms with Crippen LogP contribution >= 0.6 is 0 Å². The zero-order chi connectivity index (χ0) is 35.1. The zero-order valence-corrected chi connectivity index (χ0v) is 28.8. The van der Waals surface area contributed by atoms with E-state index in [0.717, 1.165) is 77.7 Å². The van der Waals surface area contributed by atoms with Crippen molar-refractivity contribution in [3.63, 3.8) is 0 Å². The summed E-state index contributed by atoms with van der Waals surface area (Å²) in [5, 5.41) is 4.55. The van der Waals surface area contributed by atoms with Crippen LogP contribution in [0.15, 0.2) is 199 Å². The first kappa shape index (κ1) is 30.7. The minimum atomic E-state index is 0.686. The van der Waals surface area contributed by atoms with Crippen molar-refractivity contribution in [2.24, 2.45) is 0 Å². The third kappa shape index (κ3) is 5.75. The van der Waals surface area contributed by atoms with Gasteiger partial charge in [-0.2, -0.15) is 0 Å². The molecule has 10 rings (SSSR count). The van der Waals surface area contributed by atoms with Gasteiger partial charge in [0.2, 0.25) is 0 Å². The monoisotopic (exact) mass is 676 g/mol. The van der Waals surface area contributed by atoms with E-state index in [-0.39, 0.29) is 0 Å². The van der Waals surface area contributed by atoms with Crippen LogP contribution in [0.4, 0.5) is 0 Å². The zero-order valence-electron chi connectivity index (χ0n) is 28.8. The van der Waals surface area contributed by atoms with Gasteiger partial charge in [0, 0.05) is 33.0 Å². The molecule has 10 aromatic rings. The van der Waals surface area contributed by atoms with Crippen molar-refractivity contribution in [2.75, 3.05) is 0 Å². The fourth-order valence-corrected chi connectivity index (χ4v) is 7.37. The van der Waals surface area contributed by atoms with Crippen LogP contribution in [0.25, 0.3) is 100.0 Å². The van der Waals surface area contributed by atoms with E-state index in [1.54, 1.807) is 0 Å². The highest BCUT2D eigenvalue weighted by Crippen LogP contribution is 2.40. The van der Waals surface area contributed by atoms with Crippen molar-refractivity contribution in [1.82, 2.24) is 9.97 Å². The Labute approximate surface area is 307 Å². The Bertz CT molecular complexity index is 2930. The maximum absolute atomic E-state index is 6.56. The van der Waals surface area contributed by atoms with Gasteiger partial charge in [-0.1, -0.05) is 158 Å². The highest BCUT2D eigenvalue weighted by atomic mass is 16.3. The van der Waals surface area contributed by atoms with Gasteiger partial charge >= 0.3 is 0 Å². The molecule has 0 unspecified atom stereocenters. The summed E-state index contributed by atoms with van der Waals surface area (Å²) >= 11 is 0. The molecule has 3 heteroatoms. The largest absolute Gasteiger partial charge is 0.455 e. The number of rotatable bonds is 6. The molecule has 0 N–H and O–H groups in total. The summed E-state index contributed by atoms with van der Waals surface area (Å²) in [4.78, 5) is 10.4. The predicted molar refractivity (Wildman–Crippen MR) is 219 cm³/mol. The highest BCUT2D eigenvalue weighted by Gasteiger charge is 2.17. The lowest BCUT2D eigenvalue weighted by Crippen LogP contribution is -1.97. The Kier molecular flexibility index (Phi) is 7.47. The van der Waals surface area contributed by atoms with Gasteiger partial charge in [0.05, 0.1) is 11.4 Å². The Morgan fingerprint density at radius 1 is 0.321 bits per heavy atom. The molecule has 0 radical (unpaired) electrons. The molecule has 2 heterocycles. The molecule has 0 saturated heterocycles. The van der Waals surface area contributed by atoms with E-state index >= 15 is 0 Å². The Balaban J connectivity index is 1.19. The number of hydrogen-bond donors (Lipinski definition) is 0. The standard InChI is InChI=1S/C50H32N2O/c1-3-12-33(13-4-1)35-22-24-36(25-23-35)40-29-41(43-19-11-20-45-44-18-9-10-21-48(44)53-49(43)45)31-42(30-40)47-32-46(37-15-5-2-6-16-37)51-50(52-47)39-27-26-34-14-7-8-17-38(34)28-39/h1-32H.